The van der Waals surface area contributed by atoms with Crippen LogP contribution in [0.25, 0.3) is 0 Å². The van der Waals surface area contributed by atoms with E-state index in [2.05, 4.69) is 17.2 Å². The third-order valence-electron chi connectivity index (χ3n) is 0.774. The van der Waals surface area contributed by atoms with Gasteiger partial charge >= 0.3 is 0 Å². The summed E-state index contributed by atoms with van der Waals surface area (Å²) in [6.07, 6.45) is 0.955. The highest BCUT2D eigenvalue weighted by molar-refractivity contribution is 5.93. The first-order chi connectivity index (χ1) is 4.31. The molecule has 2 heteroatoms. The third kappa shape index (κ3) is 4.89. The fourth-order valence-corrected chi connectivity index (χ4v) is 0.396. The van der Waals surface area contributed by atoms with Crippen molar-refractivity contribution < 1.29 is 4.79 Å². The fraction of sp³-hybridized carbons (Fsp3) is 0.571. The number of hydrogen-bond acceptors (Lipinski definition) is 1. The summed E-state index contributed by atoms with van der Waals surface area (Å²) in [5, 5.41) is 2.62. The SMILES string of the molecule is CC#CC(=O)NCCC. The topological polar surface area (TPSA) is 29.1 Å². The highest BCUT2D eigenvalue weighted by atomic mass is 16.1. The Bertz CT molecular complexity index is 141. The summed E-state index contributed by atoms with van der Waals surface area (Å²) in [6.45, 7) is 4.36. The molecule has 0 fully saturated rings. The van der Waals surface area contributed by atoms with Gasteiger partial charge in [0.25, 0.3) is 5.91 Å². The highest BCUT2D eigenvalue weighted by Crippen LogP contribution is 1.68. The fourth-order valence-electron chi connectivity index (χ4n) is 0.396. The van der Waals surface area contributed by atoms with Gasteiger partial charge in [-0.1, -0.05) is 12.8 Å². The van der Waals surface area contributed by atoms with Crippen molar-refractivity contribution in [2.24, 2.45) is 0 Å². The summed E-state index contributed by atoms with van der Waals surface area (Å²) < 4.78 is 0. The van der Waals surface area contributed by atoms with Crippen molar-refractivity contribution in [3.8, 4) is 11.8 Å². The molecule has 0 unspecified atom stereocenters. The Hall–Kier alpha value is -0.970. The van der Waals surface area contributed by atoms with Crippen molar-refractivity contribution >= 4 is 5.91 Å². The lowest BCUT2D eigenvalue weighted by atomic mass is 10.4. The van der Waals surface area contributed by atoms with Gasteiger partial charge in [0, 0.05) is 6.54 Å². The normalized spacial score (nSPS) is 7.33. The molecule has 0 aliphatic rings. The van der Waals surface area contributed by atoms with Gasteiger partial charge < -0.3 is 5.32 Å². The molecule has 9 heavy (non-hydrogen) atoms. The number of hydrogen-bond donors (Lipinski definition) is 1. The molecule has 0 bridgehead atoms. The average molecular weight is 125 g/mol. The van der Waals surface area contributed by atoms with Crippen LogP contribution in [0.5, 0.6) is 0 Å². The molecule has 1 N–H and O–H groups in total. The van der Waals surface area contributed by atoms with Gasteiger partial charge in [-0.05, 0) is 19.3 Å². The van der Waals surface area contributed by atoms with Gasteiger partial charge in [-0.2, -0.15) is 0 Å². The molecule has 0 aromatic carbocycles. The summed E-state index contributed by atoms with van der Waals surface area (Å²) in [6, 6.07) is 0. The van der Waals surface area contributed by atoms with Crippen LogP contribution in [0.4, 0.5) is 0 Å². The van der Waals surface area contributed by atoms with E-state index in [0.29, 0.717) is 6.54 Å². The maximum absolute atomic E-state index is 10.5. The lowest BCUT2D eigenvalue weighted by Crippen LogP contribution is -2.21. The van der Waals surface area contributed by atoms with Crippen molar-refractivity contribution in [3.05, 3.63) is 0 Å². The Balaban J connectivity index is 3.35. The molecule has 0 aliphatic heterocycles. The highest BCUT2D eigenvalue weighted by Gasteiger charge is 1.88. The molecule has 0 saturated heterocycles. The first-order valence-electron chi connectivity index (χ1n) is 3.01. The quantitative estimate of drug-likeness (QED) is 0.536. The predicted molar refractivity (Wildman–Crippen MR) is 36.8 cm³/mol. The number of carbonyl (C=O) groups excluding carboxylic acids is 1. The Morgan fingerprint density at radius 1 is 1.67 bits per heavy atom. The minimum atomic E-state index is -0.181. The summed E-state index contributed by atoms with van der Waals surface area (Å²) in [4.78, 5) is 10.5. The van der Waals surface area contributed by atoms with E-state index in [0.717, 1.165) is 6.42 Å². The molecule has 0 radical (unpaired) electrons. The smallest absolute Gasteiger partial charge is 0.295 e. The van der Waals surface area contributed by atoms with Crippen molar-refractivity contribution in [3.63, 3.8) is 0 Å². The summed E-state index contributed by atoms with van der Waals surface area (Å²) in [5.74, 6) is 4.71. The van der Waals surface area contributed by atoms with Crippen LogP contribution in [-0.2, 0) is 4.79 Å². The second-order valence-corrected chi connectivity index (χ2v) is 1.63. The van der Waals surface area contributed by atoms with Crippen molar-refractivity contribution in [2.45, 2.75) is 20.3 Å². The Labute approximate surface area is 55.6 Å². The second-order valence-electron chi connectivity index (χ2n) is 1.63. The molecule has 0 atom stereocenters. The van der Waals surface area contributed by atoms with E-state index in [1.54, 1.807) is 6.92 Å². The molecule has 0 aromatic rings. The molecule has 0 rings (SSSR count). The minimum Gasteiger partial charge on any atom is -0.345 e. The lowest BCUT2D eigenvalue weighted by Gasteiger charge is -1.93. The summed E-state index contributed by atoms with van der Waals surface area (Å²) in [7, 11) is 0. The van der Waals surface area contributed by atoms with E-state index in [1.165, 1.54) is 0 Å². The summed E-state index contributed by atoms with van der Waals surface area (Å²) in [5.41, 5.74) is 0. The van der Waals surface area contributed by atoms with Crippen LogP contribution in [0.1, 0.15) is 20.3 Å². The summed E-state index contributed by atoms with van der Waals surface area (Å²) >= 11 is 0. The molecule has 1 amide bonds. The zero-order chi connectivity index (χ0) is 7.11. The van der Waals surface area contributed by atoms with Crippen LogP contribution in [0.15, 0.2) is 0 Å². The van der Waals surface area contributed by atoms with E-state index >= 15 is 0 Å². The molecule has 0 spiro atoms. The molecule has 0 aromatic heterocycles. The van der Waals surface area contributed by atoms with Crippen LogP contribution in [-0.4, -0.2) is 12.5 Å². The zero-order valence-corrected chi connectivity index (χ0v) is 5.82. The van der Waals surface area contributed by atoms with Crippen molar-refractivity contribution in [2.75, 3.05) is 6.54 Å². The van der Waals surface area contributed by atoms with Gasteiger partial charge in [-0.15, -0.1) is 0 Å². The van der Waals surface area contributed by atoms with Gasteiger partial charge in [-0.25, -0.2) is 0 Å². The van der Waals surface area contributed by atoms with E-state index < -0.39 is 0 Å². The van der Waals surface area contributed by atoms with Crippen LogP contribution in [0.3, 0.4) is 0 Å². The van der Waals surface area contributed by atoms with Crippen LogP contribution < -0.4 is 5.32 Å². The van der Waals surface area contributed by atoms with E-state index in [1.807, 2.05) is 6.92 Å². The van der Waals surface area contributed by atoms with E-state index in [4.69, 9.17) is 0 Å². The first-order valence-corrected chi connectivity index (χ1v) is 3.01. The largest absolute Gasteiger partial charge is 0.345 e. The molecular weight excluding hydrogens is 114 g/mol. The Morgan fingerprint density at radius 2 is 2.33 bits per heavy atom. The van der Waals surface area contributed by atoms with Gasteiger partial charge in [0.1, 0.15) is 0 Å². The van der Waals surface area contributed by atoms with Gasteiger partial charge in [-0.3, -0.25) is 4.79 Å². The lowest BCUT2D eigenvalue weighted by molar-refractivity contribution is -0.115. The Morgan fingerprint density at radius 3 is 2.78 bits per heavy atom. The third-order valence-corrected chi connectivity index (χ3v) is 0.774. The monoisotopic (exact) mass is 125 g/mol. The maximum atomic E-state index is 10.5. The number of rotatable bonds is 2. The number of carbonyl (C=O) groups is 1. The molecule has 0 aliphatic carbocycles. The average Bonchev–Trinajstić information content (AvgIpc) is 1.85. The zero-order valence-electron chi connectivity index (χ0n) is 5.82. The maximum Gasteiger partial charge on any atom is 0.295 e. The second kappa shape index (κ2) is 5.17. The molecule has 0 saturated carbocycles. The number of nitrogens with one attached hydrogen (secondary N) is 1. The van der Waals surface area contributed by atoms with Crippen LogP contribution in [0.2, 0.25) is 0 Å². The van der Waals surface area contributed by atoms with Gasteiger partial charge in [0.2, 0.25) is 0 Å². The van der Waals surface area contributed by atoms with Crippen LogP contribution >= 0.6 is 0 Å². The molecule has 2 nitrogen and oxygen atoms in total. The standard InChI is InChI=1S/C7H11NO/c1-3-5-7(9)8-6-4-2/h4,6H2,1-2H3,(H,8,9). The predicted octanol–water partition coefficient (Wildman–Crippen LogP) is 0.536. The molecule has 0 heterocycles. The van der Waals surface area contributed by atoms with Crippen molar-refractivity contribution in [1.29, 1.82) is 0 Å². The molecular formula is C7H11NO. The van der Waals surface area contributed by atoms with E-state index in [-0.39, 0.29) is 5.91 Å². The minimum absolute atomic E-state index is 0.181. The van der Waals surface area contributed by atoms with E-state index in [9.17, 15) is 4.79 Å². The van der Waals surface area contributed by atoms with Crippen molar-refractivity contribution in [1.82, 2.24) is 5.32 Å². The molecule has 50 valence electrons. The number of amides is 1. The Kier molecular flexibility index (Phi) is 4.61. The van der Waals surface area contributed by atoms with Crippen LogP contribution in [0, 0.1) is 11.8 Å². The van der Waals surface area contributed by atoms with Gasteiger partial charge in [0.05, 0.1) is 0 Å². The van der Waals surface area contributed by atoms with Gasteiger partial charge in [0.15, 0.2) is 0 Å². The first kappa shape index (κ1) is 8.03.